The van der Waals surface area contributed by atoms with Crippen LogP contribution in [0.1, 0.15) is 38.5 Å². The first-order chi connectivity index (χ1) is 9.09. The van der Waals surface area contributed by atoms with Crippen LogP contribution in [0.3, 0.4) is 0 Å². The number of halogens is 1. The van der Waals surface area contributed by atoms with Gasteiger partial charge in [0.05, 0.1) is 3.79 Å². The van der Waals surface area contributed by atoms with Crippen molar-refractivity contribution in [2.75, 3.05) is 6.54 Å². The summed E-state index contributed by atoms with van der Waals surface area (Å²) in [6.07, 6.45) is 6.87. The zero-order chi connectivity index (χ0) is 13.5. The Morgan fingerprint density at radius 2 is 1.89 bits per heavy atom. The highest BCUT2D eigenvalue weighted by Crippen LogP contribution is 2.39. The Morgan fingerprint density at radius 1 is 1.16 bits per heavy atom. The number of thiophene rings is 1. The third-order valence-electron chi connectivity index (χ3n) is 4.30. The molecule has 1 aromatic rings. The smallest absolute Gasteiger partial charge is 0.206 e. The first-order valence-electron chi connectivity index (χ1n) is 6.86. The summed E-state index contributed by atoms with van der Waals surface area (Å²) in [5.74, 6) is 0.584. The minimum atomic E-state index is -3.29. The summed E-state index contributed by atoms with van der Waals surface area (Å²) in [5.41, 5.74) is 0. The first kappa shape index (κ1) is 14.0. The fourth-order valence-electron chi connectivity index (χ4n) is 3.43. The van der Waals surface area contributed by atoms with Gasteiger partial charge in [-0.15, -0.1) is 11.3 Å². The molecule has 1 aliphatic heterocycles. The van der Waals surface area contributed by atoms with Crippen molar-refractivity contribution in [1.82, 2.24) is 4.31 Å². The first-order valence-corrected chi connectivity index (χ1v) is 9.91. The second kappa shape index (κ2) is 5.47. The number of sulfonamides is 1. The van der Waals surface area contributed by atoms with Crippen molar-refractivity contribution in [3.05, 3.63) is 15.9 Å². The van der Waals surface area contributed by atoms with Gasteiger partial charge < -0.3 is 0 Å². The molecule has 0 N–H and O–H groups in total. The lowest BCUT2D eigenvalue weighted by atomic mass is 9.79. The van der Waals surface area contributed by atoms with Crippen LogP contribution in [0.2, 0.25) is 0 Å². The molecule has 0 unspecified atom stereocenters. The van der Waals surface area contributed by atoms with Crippen LogP contribution in [0, 0.1) is 5.92 Å². The van der Waals surface area contributed by atoms with E-state index in [-0.39, 0.29) is 6.04 Å². The second-order valence-corrected chi connectivity index (χ2v) is 10.0. The number of rotatable bonds is 2. The average Bonchev–Trinajstić information content (AvgIpc) is 2.85. The molecule has 19 heavy (non-hydrogen) atoms. The van der Waals surface area contributed by atoms with Crippen LogP contribution < -0.4 is 0 Å². The summed E-state index contributed by atoms with van der Waals surface area (Å²) >= 11 is 4.67. The molecule has 1 aliphatic carbocycles. The van der Waals surface area contributed by atoms with Crippen LogP contribution in [0.5, 0.6) is 0 Å². The molecule has 1 aromatic heterocycles. The minimum Gasteiger partial charge on any atom is -0.206 e. The topological polar surface area (TPSA) is 37.4 Å². The molecule has 0 aromatic carbocycles. The van der Waals surface area contributed by atoms with Gasteiger partial charge in [0.15, 0.2) is 0 Å². The number of piperidine rings is 1. The molecular formula is C13H18BrNO2S2. The third kappa shape index (κ3) is 2.64. The van der Waals surface area contributed by atoms with Crippen molar-refractivity contribution in [3.63, 3.8) is 0 Å². The van der Waals surface area contributed by atoms with Crippen molar-refractivity contribution in [2.24, 2.45) is 5.92 Å². The van der Waals surface area contributed by atoms with E-state index in [1.54, 1.807) is 10.4 Å². The van der Waals surface area contributed by atoms with E-state index in [0.29, 0.717) is 16.7 Å². The summed E-state index contributed by atoms with van der Waals surface area (Å²) in [6.45, 7) is 0.693. The van der Waals surface area contributed by atoms with Gasteiger partial charge in [-0.25, -0.2) is 8.42 Å². The summed E-state index contributed by atoms with van der Waals surface area (Å²) in [4.78, 5) is 0. The lowest BCUT2D eigenvalue weighted by molar-refractivity contribution is 0.129. The quantitative estimate of drug-likeness (QED) is 0.799. The Bertz CT molecular complexity index is 553. The van der Waals surface area contributed by atoms with Gasteiger partial charge in [-0.2, -0.15) is 4.31 Å². The number of fused-ring (bicyclic) bond motifs is 1. The monoisotopic (exact) mass is 363 g/mol. The number of nitrogens with zero attached hydrogens (tertiary/aromatic N) is 1. The van der Waals surface area contributed by atoms with E-state index in [4.69, 9.17) is 0 Å². The molecule has 2 atom stereocenters. The third-order valence-corrected chi connectivity index (χ3v) is 8.32. The van der Waals surface area contributed by atoms with Gasteiger partial charge in [0.1, 0.15) is 4.21 Å². The molecule has 106 valence electrons. The molecule has 2 heterocycles. The molecule has 1 saturated heterocycles. The highest BCUT2D eigenvalue weighted by atomic mass is 79.9. The molecule has 2 aliphatic rings. The van der Waals surface area contributed by atoms with Crippen LogP contribution in [0.25, 0.3) is 0 Å². The van der Waals surface area contributed by atoms with E-state index >= 15 is 0 Å². The zero-order valence-electron chi connectivity index (χ0n) is 10.7. The Morgan fingerprint density at radius 3 is 2.63 bits per heavy atom. The zero-order valence-corrected chi connectivity index (χ0v) is 13.9. The Labute approximate surface area is 127 Å². The van der Waals surface area contributed by atoms with Gasteiger partial charge >= 0.3 is 0 Å². The van der Waals surface area contributed by atoms with Gasteiger partial charge in [-0.1, -0.05) is 12.8 Å². The van der Waals surface area contributed by atoms with Crippen molar-refractivity contribution in [1.29, 1.82) is 0 Å². The van der Waals surface area contributed by atoms with Gasteiger partial charge in [0.25, 0.3) is 10.0 Å². The van der Waals surface area contributed by atoms with E-state index in [1.807, 2.05) is 6.07 Å². The van der Waals surface area contributed by atoms with Crippen LogP contribution in [-0.2, 0) is 10.0 Å². The van der Waals surface area contributed by atoms with E-state index in [9.17, 15) is 8.42 Å². The average molecular weight is 364 g/mol. The number of hydrogen-bond acceptors (Lipinski definition) is 3. The predicted octanol–water partition coefficient (Wildman–Crippen LogP) is 3.85. The number of hydrogen-bond donors (Lipinski definition) is 0. The molecule has 2 fully saturated rings. The van der Waals surface area contributed by atoms with Crippen LogP contribution >= 0.6 is 27.3 Å². The van der Waals surface area contributed by atoms with Gasteiger partial charge in [0.2, 0.25) is 0 Å². The molecule has 0 amide bonds. The molecule has 0 spiro atoms. The van der Waals surface area contributed by atoms with E-state index < -0.39 is 10.0 Å². The van der Waals surface area contributed by atoms with Crippen LogP contribution in [-0.4, -0.2) is 25.3 Å². The lowest BCUT2D eigenvalue weighted by Crippen LogP contribution is -2.49. The maximum absolute atomic E-state index is 12.8. The lowest BCUT2D eigenvalue weighted by Gasteiger charge is -2.42. The molecule has 1 saturated carbocycles. The normalized spacial score (nSPS) is 29.1. The summed E-state index contributed by atoms with van der Waals surface area (Å²) in [5, 5.41) is 0. The van der Waals surface area contributed by atoms with Crippen molar-refractivity contribution in [2.45, 2.75) is 48.8 Å². The van der Waals surface area contributed by atoms with Gasteiger partial charge in [-0.05, 0) is 59.7 Å². The standard InChI is InChI=1S/C13H18BrNO2S2/c14-12-7-8-13(18-12)19(16,17)15-9-3-5-10-4-1-2-6-11(10)15/h7-8,10-11H,1-6,9H2/t10-,11+/m1/s1. The second-order valence-electron chi connectivity index (χ2n) is 5.43. The van der Waals surface area contributed by atoms with Gasteiger partial charge in [0, 0.05) is 12.6 Å². The highest BCUT2D eigenvalue weighted by Gasteiger charge is 2.40. The molecule has 6 heteroatoms. The fraction of sp³-hybridized carbons (Fsp3) is 0.692. The largest absolute Gasteiger partial charge is 0.252 e. The van der Waals surface area contributed by atoms with E-state index in [2.05, 4.69) is 15.9 Å². The maximum atomic E-state index is 12.8. The summed E-state index contributed by atoms with van der Waals surface area (Å²) < 4.78 is 28.7. The summed E-state index contributed by atoms with van der Waals surface area (Å²) in [6, 6.07) is 3.78. The molecule has 3 nitrogen and oxygen atoms in total. The molecular weight excluding hydrogens is 346 g/mol. The Kier molecular flexibility index (Phi) is 4.04. The van der Waals surface area contributed by atoms with Crippen LogP contribution in [0.4, 0.5) is 0 Å². The molecule has 3 rings (SSSR count). The van der Waals surface area contributed by atoms with E-state index in [0.717, 1.165) is 16.6 Å². The van der Waals surface area contributed by atoms with Crippen molar-refractivity contribution >= 4 is 37.3 Å². The highest BCUT2D eigenvalue weighted by molar-refractivity contribution is 9.11. The molecule has 0 bridgehead atoms. The van der Waals surface area contributed by atoms with E-state index in [1.165, 1.54) is 37.0 Å². The Balaban J connectivity index is 1.91. The van der Waals surface area contributed by atoms with Gasteiger partial charge in [-0.3, -0.25) is 0 Å². The minimum absolute atomic E-state index is 0.244. The SMILES string of the molecule is O=S(=O)(c1ccc(Br)s1)N1CCC[C@H]2CCCC[C@@H]21. The summed E-state index contributed by atoms with van der Waals surface area (Å²) in [7, 11) is -3.29. The Hall–Kier alpha value is 0.0900. The molecule has 0 radical (unpaired) electrons. The maximum Gasteiger partial charge on any atom is 0.252 e. The van der Waals surface area contributed by atoms with Crippen molar-refractivity contribution < 1.29 is 8.42 Å². The fourth-order valence-corrected chi connectivity index (χ4v) is 7.32. The van der Waals surface area contributed by atoms with Crippen LogP contribution in [0.15, 0.2) is 20.1 Å². The predicted molar refractivity (Wildman–Crippen MR) is 80.9 cm³/mol. The van der Waals surface area contributed by atoms with Crippen molar-refractivity contribution in [3.8, 4) is 0 Å².